The van der Waals surface area contributed by atoms with E-state index in [1.807, 2.05) is 6.07 Å². The van der Waals surface area contributed by atoms with Crippen molar-refractivity contribution in [1.82, 2.24) is 19.2 Å². The molecule has 4 rings (SSSR count). The van der Waals surface area contributed by atoms with E-state index in [0.29, 0.717) is 12.0 Å². The van der Waals surface area contributed by atoms with Gasteiger partial charge < -0.3 is 4.90 Å². The van der Waals surface area contributed by atoms with Crippen LogP contribution >= 0.6 is 23.7 Å². The van der Waals surface area contributed by atoms with Crippen LogP contribution in [0.4, 0.5) is 5.95 Å². The zero-order valence-corrected chi connectivity index (χ0v) is 17.7. The summed E-state index contributed by atoms with van der Waals surface area (Å²) in [6, 6.07) is 1.81. The summed E-state index contributed by atoms with van der Waals surface area (Å²) >= 11 is 1.25. The first-order valence-corrected chi connectivity index (χ1v) is 11.3. The average Bonchev–Trinajstić information content (AvgIpc) is 3.25. The summed E-state index contributed by atoms with van der Waals surface area (Å²) in [5.74, 6) is 0.380. The van der Waals surface area contributed by atoms with Crippen LogP contribution in [0.5, 0.6) is 0 Å². The second kappa shape index (κ2) is 8.73. The van der Waals surface area contributed by atoms with Crippen LogP contribution in [0, 0.1) is 0 Å². The molecule has 0 atom stereocenters. The molecule has 0 saturated carbocycles. The second-order valence-corrected chi connectivity index (χ2v) is 9.19. The van der Waals surface area contributed by atoms with Crippen LogP contribution < -0.4 is 4.90 Å². The number of carbonyl (C=O) groups excluding carboxylic acids is 1. The summed E-state index contributed by atoms with van der Waals surface area (Å²) in [5, 5.41) is 3.16. The third-order valence-electron chi connectivity index (χ3n) is 4.94. The number of sulfonamides is 1. The highest BCUT2D eigenvalue weighted by Crippen LogP contribution is 2.33. The standard InChI is InChI=1S/C17H21N5O3S2.ClH/c23-16-14-12-26-13-15(14)27(24,25)22(16)7-2-1-6-20-8-10-21(11-9-20)17-18-4-3-5-19-17;/h3-5,12-13H,1-2,6-11H2;1H. The molecule has 0 unspecified atom stereocenters. The normalized spacial score (nSPS) is 18.8. The molecule has 4 heterocycles. The molecule has 1 amide bonds. The molecule has 2 aromatic rings. The minimum atomic E-state index is -3.64. The molecule has 152 valence electrons. The minimum Gasteiger partial charge on any atom is -0.338 e. The predicted octanol–water partition coefficient (Wildman–Crippen LogP) is 1.71. The Hall–Kier alpha value is -1.75. The number of thiophene rings is 1. The first kappa shape index (κ1) is 21.0. The number of unbranched alkanes of at least 4 members (excludes halogenated alkanes) is 1. The van der Waals surface area contributed by atoms with Crippen molar-refractivity contribution in [3.8, 4) is 0 Å². The number of piperazine rings is 1. The molecule has 1 saturated heterocycles. The monoisotopic (exact) mass is 443 g/mol. The number of amides is 1. The summed E-state index contributed by atoms with van der Waals surface area (Å²) in [4.78, 5) is 25.5. The fraction of sp³-hybridized carbons (Fsp3) is 0.471. The summed E-state index contributed by atoms with van der Waals surface area (Å²) in [6.45, 7) is 4.75. The van der Waals surface area contributed by atoms with Crippen LogP contribution in [0.3, 0.4) is 0 Å². The fourth-order valence-corrected chi connectivity index (χ4v) is 6.20. The highest BCUT2D eigenvalue weighted by molar-refractivity contribution is 7.90. The Morgan fingerprint density at radius 2 is 1.68 bits per heavy atom. The maximum atomic E-state index is 12.4. The van der Waals surface area contributed by atoms with Gasteiger partial charge in [0.1, 0.15) is 4.90 Å². The lowest BCUT2D eigenvalue weighted by Gasteiger charge is -2.34. The number of hydrogen-bond acceptors (Lipinski definition) is 8. The molecule has 0 aliphatic carbocycles. The summed E-state index contributed by atoms with van der Waals surface area (Å²) in [6.07, 6.45) is 5.03. The highest BCUT2D eigenvalue weighted by Gasteiger charge is 2.41. The van der Waals surface area contributed by atoms with Gasteiger partial charge in [0.15, 0.2) is 0 Å². The van der Waals surface area contributed by atoms with Crippen LogP contribution in [0.2, 0.25) is 0 Å². The Morgan fingerprint density at radius 1 is 1.00 bits per heavy atom. The van der Waals surface area contributed by atoms with Gasteiger partial charge >= 0.3 is 0 Å². The van der Waals surface area contributed by atoms with E-state index in [4.69, 9.17) is 0 Å². The van der Waals surface area contributed by atoms with Crippen molar-refractivity contribution in [3.05, 3.63) is 34.8 Å². The Balaban J connectivity index is 0.00000225. The van der Waals surface area contributed by atoms with E-state index in [2.05, 4.69) is 19.8 Å². The molecule has 0 radical (unpaired) electrons. The minimum absolute atomic E-state index is 0. The Morgan fingerprint density at radius 3 is 2.36 bits per heavy atom. The number of aromatic nitrogens is 2. The van der Waals surface area contributed by atoms with E-state index in [1.165, 1.54) is 11.3 Å². The van der Waals surface area contributed by atoms with Gasteiger partial charge in [0.2, 0.25) is 5.95 Å². The first-order chi connectivity index (χ1) is 13.1. The van der Waals surface area contributed by atoms with Crippen molar-refractivity contribution in [2.24, 2.45) is 0 Å². The number of carbonyl (C=O) groups is 1. The zero-order valence-electron chi connectivity index (χ0n) is 15.2. The van der Waals surface area contributed by atoms with Crippen molar-refractivity contribution in [1.29, 1.82) is 0 Å². The van der Waals surface area contributed by atoms with Gasteiger partial charge in [-0.15, -0.1) is 12.4 Å². The number of rotatable bonds is 6. The van der Waals surface area contributed by atoms with Crippen molar-refractivity contribution < 1.29 is 13.2 Å². The van der Waals surface area contributed by atoms with Crippen molar-refractivity contribution in [3.63, 3.8) is 0 Å². The lowest BCUT2D eigenvalue weighted by molar-refractivity contribution is 0.0869. The molecule has 0 aromatic carbocycles. The molecule has 1 fully saturated rings. The first-order valence-electron chi connectivity index (χ1n) is 8.95. The Bertz CT molecular complexity index is 914. The number of anilines is 1. The van der Waals surface area contributed by atoms with Gasteiger partial charge in [-0.3, -0.25) is 9.69 Å². The topological polar surface area (TPSA) is 86.7 Å². The molecular weight excluding hydrogens is 422 g/mol. The van der Waals surface area contributed by atoms with Gasteiger partial charge in [-0.05, 0) is 25.5 Å². The SMILES string of the molecule is Cl.O=C1c2cscc2S(=O)(=O)N1CCCCN1CCN(c2ncccn2)CC1. The van der Waals surface area contributed by atoms with Crippen LogP contribution in [0.15, 0.2) is 34.1 Å². The smallest absolute Gasteiger partial charge is 0.269 e. The van der Waals surface area contributed by atoms with Gasteiger partial charge in [0, 0.05) is 55.9 Å². The maximum absolute atomic E-state index is 12.4. The van der Waals surface area contributed by atoms with Gasteiger partial charge in [0.05, 0.1) is 5.56 Å². The third-order valence-corrected chi connectivity index (χ3v) is 7.66. The van der Waals surface area contributed by atoms with E-state index in [9.17, 15) is 13.2 Å². The van der Waals surface area contributed by atoms with Crippen LogP contribution in [0.25, 0.3) is 0 Å². The molecule has 2 aliphatic rings. The van der Waals surface area contributed by atoms with E-state index in [-0.39, 0.29) is 29.8 Å². The lowest BCUT2D eigenvalue weighted by Crippen LogP contribution is -2.47. The van der Waals surface area contributed by atoms with Gasteiger partial charge in [-0.1, -0.05) is 0 Å². The Kier molecular flexibility index (Phi) is 6.54. The van der Waals surface area contributed by atoms with Crippen LogP contribution in [-0.2, 0) is 10.0 Å². The fourth-order valence-electron chi connectivity index (χ4n) is 3.44. The zero-order chi connectivity index (χ0) is 18.9. The summed E-state index contributed by atoms with van der Waals surface area (Å²) in [7, 11) is -3.64. The van der Waals surface area contributed by atoms with E-state index < -0.39 is 10.0 Å². The highest BCUT2D eigenvalue weighted by atomic mass is 35.5. The van der Waals surface area contributed by atoms with Crippen LogP contribution in [0.1, 0.15) is 23.2 Å². The molecule has 0 spiro atoms. The largest absolute Gasteiger partial charge is 0.338 e. The summed E-state index contributed by atoms with van der Waals surface area (Å²) in [5.41, 5.74) is 0.319. The predicted molar refractivity (Wildman–Crippen MR) is 110 cm³/mol. The number of fused-ring (bicyclic) bond motifs is 1. The molecular formula is C17H22ClN5O3S2. The van der Waals surface area contributed by atoms with Crippen LogP contribution in [-0.4, -0.2) is 72.8 Å². The van der Waals surface area contributed by atoms with Gasteiger partial charge in [-0.25, -0.2) is 22.7 Å². The molecule has 0 bridgehead atoms. The molecule has 2 aliphatic heterocycles. The van der Waals surface area contributed by atoms with Gasteiger partial charge in [0.25, 0.3) is 15.9 Å². The number of halogens is 1. The van der Waals surface area contributed by atoms with Crippen molar-refractivity contribution in [2.45, 2.75) is 17.7 Å². The number of hydrogen-bond donors (Lipinski definition) is 0. The summed E-state index contributed by atoms with van der Waals surface area (Å²) < 4.78 is 25.8. The second-order valence-electron chi connectivity index (χ2n) is 6.62. The Labute approximate surface area is 174 Å². The van der Waals surface area contributed by atoms with Crippen molar-refractivity contribution >= 4 is 45.6 Å². The van der Waals surface area contributed by atoms with Gasteiger partial charge in [-0.2, -0.15) is 11.3 Å². The van der Waals surface area contributed by atoms with Crippen molar-refractivity contribution in [2.75, 3.05) is 44.2 Å². The van der Waals surface area contributed by atoms with E-state index in [1.54, 1.807) is 23.2 Å². The lowest BCUT2D eigenvalue weighted by atomic mass is 10.2. The third kappa shape index (κ3) is 4.00. The number of nitrogens with zero attached hydrogens (tertiary/aromatic N) is 5. The van der Waals surface area contributed by atoms with E-state index in [0.717, 1.165) is 49.4 Å². The molecule has 11 heteroatoms. The quantitative estimate of drug-likeness (QED) is 0.628. The van der Waals surface area contributed by atoms with E-state index >= 15 is 0 Å². The molecule has 8 nitrogen and oxygen atoms in total. The average molecular weight is 444 g/mol. The molecule has 0 N–H and O–H groups in total. The molecule has 28 heavy (non-hydrogen) atoms. The molecule has 2 aromatic heterocycles. The maximum Gasteiger partial charge on any atom is 0.269 e.